The van der Waals surface area contributed by atoms with E-state index in [1.807, 2.05) is 36.3 Å². The van der Waals surface area contributed by atoms with Crippen molar-refractivity contribution in [2.45, 2.75) is 24.1 Å². The van der Waals surface area contributed by atoms with Crippen molar-refractivity contribution in [2.24, 2.45) is 7.05 Å². The summed E-state index contributed by atoms with van der Waals surface area (Å²) in [6.45, 7) is 0.787. The van der Waals surface area contributed by atoms with Crippen LogP contribution in [-0.4, -0.2) is 37.9 Å². The first-order chi connectivity index (χ1) is 13.1. The van der Waals surface area contributed by atoms with E-state index in [0.717, 1.165) is 24.9 Å². The van der Waals surface area contributed by atoms with Gasteiger partial charge < -0.3 is 13.9 Å². The van der Waals surface area contributed by atoms with Crippen molar-refractivity contribution in [1.29, 1.82) is 0 Å². The molecule has 8 heteroatoms. The molecule has 27 heavy (non-hydrogen) atoms. The molecule has 1 saturated heterocycles. The van der Waals surface area contributed by atoms with E-state index in [1.165, 1.54) is 17.5 Å². The highest BCUT2D eigenvalue weighted by Crippen LogP contribution is 2.33. The summed E-state index contributed by atoms with van der Waals surface area (Å²) >= 11 is 7.17. The molecule has 0 bridgehead atoms. The van der Waals surface area contributed by atoms with Gasteiger partial charge >= 0.3 is 0 Å². The van der Waals surface area contributed by atoms with Crippen LogP contribution in [0.2, 0.25) is 5.02 Å². The van der Waals surface area contributed by atoms with Crippen LogP contribution in [-0.2, 0) is 11.8 Å². The summed E-state index contributed by atoms with van der Waals surface area (Å²) in [7, 11) is 2.02. The Morgan fingerprint density at radius 3 is 2.85 bits per heavy atom. The fraction of sp³-hybridized carbons (Fsp3) is 0.316. The third kappa shape index (κ3) is 3.89. The first-order valence-electron chi connectivity index (χ1n) is 8.75. The topological polar surface area (TPSA) is 64.2 Å². The molecule has 0 saturated carbocycles. The number of aryl methyl sites for hydroxylation is 1. The lowest BCUT2D eigenvalue weighted by molar-refractivity contribution is -0.129. The fourth-order valence-electron chi connectivity index (χ4n) is 3.38. The second kappa shape index (κ2) is 7.78. The number of rotatable bonds is 5. The number of aromatic nitrogens is 3. The molecule has 3 heterocycles. The lowest BCUT2D eigenvalue weighted by Gasteiger charge is -2.25. The number of likely N-dealkylation sites (tertiary alicyclic amines) is 1. The summed E-state index contributed by atoms with van der Waals surface area (Å²) in [6, 6.07) is 11.4. The molecule has 6 nitrogen and oxygen atoms in total. The van der Waals surface area contributed by atoms with Crippen molar-refractivity contribution < 1.29 is 9.21 Å². The van der Waals surface area contributed by atoms with E-state index < -0.39 is 0 Å². The predicted octanol–water partition coefficient (Wildman–Crippen LogP) is 4.18. The van der Waals surface area contributed by atoms with Gasteiger partial charge in [0.1, 0.15) is 0 Å². The van der Waals surface area contributed by atoms with Crippen molar-refractivity contribution in [3.8, 4) is 11.5 Å². The van der Waals surface area contributed by atoms with Gasteiger partial charge in [-0.3, -0.25) is 4.79 Å². The third-order valence-electron chi connectivity index (χ3n) is 4.72. The molecule has 2 aromatic heterocycles. The Kier molecular flexibility index (Phi) is 5.22. The highest BCUT2D eigenvalue weighted by molar-refractivity contribution is 7.99. The first kappa shape index (κ1) is 18.1. The molecular formula is C19H19ClN4O2S. The van der Waals surface area contributed by atoms with E-state index in [-0.39, 0.29) is 17.7 Å². The molecule has 140 valence electrons. The number of benzene rings is 1. The second-order valence-corrected chi connectivity index (χ2v) is 7.82. The molecule has 1 aromatic carbocycles. The normalized spacial score (nSPS) is 16.8. The van der Waals surface area contributed by atoms with Crippen LogP contribution in [0.3, 0.4) is 0 Å². The van der Waals surface area contributed by atoms with Crippen LogP contribution in [0.1, 0.15) is 24.6 Å². The molecule has 1 unspecified atom stereocenters. The molecule has 1 atom stereocenters. The Morgan fingerprint density at radius 2 is 2.11 bits per heavy atom. The fourth-order valence-corrected chi connectivity index (χ4v) is 4.15. The van der Waals surface area contributed by atoms with Crippen LogP contribution in [0.25, 0.3) is 11.5 Å². The molecule has 1 amide bonds. The number of halogens is 1. The smallest absolute Gasteiger partial charge is 0.277 e. The molecule has 0 radical (unpaired) electrons. The van der Waals surface area contributed by atoms with E-state index in [2.05, 4.69) is 20.8 Å². The number of hydrogen-bond donors (Lipinski definition) is 0. The zero-order chi connectivity index (χ0) is 18.8. The van der Waals surface area contributed by atoms with Gasteiger partial charge in [-0.1, -0.05) is 23.4 Å². The van der Waals surface area contributed by atoms with Gasteiger partial charge in [0.15, 0.2) is 0 Å². The lowest BCUT2D eigenvalue weighted by atomic mass is 10.1. The van der Waals surface area contributed by atoms with E-state index >= 15 is 0 Å². The van der Waals surface area contributed by atoms with Gasteiger partial charge in [-0.25, -0.2) is 0 Å². The molecular weight excluding hydrogens is 384 g/mol. The predicted molar refractivity (Wildman–Crippen MR) is 105 cm³/mol. The molecule has 1 fully saturated rings. The molecule has 4 rings (SSSR count). The van der Waals surface area contributed by atoms with Crippen LogP contribution in [0.5, 0.6) is 0 Å². The van der Waals surface area contributed by atoms with E-state index in [4.69, 9.17) is 16.0 Å². The van der Waals surface area contributed by atoms with Crippen molar-refractivity contribution in [3.63, 3.8) is 0 Å². The molecule has 3 aromatic rings. The maximum atomic E-state index is 12.7. The zero-order valence-corrected chi connectivity index (χ0v) is 16.4. The maximum Gasteiger partial charge on any atom is 0.277 e. The number of hydrogen-bond acceptors (Lipinski definition) is 5. The van der Waals surface area contributed by atoms with E-state index in [9.17, 15) is 4.79 Å². The Hall–Kier alpha value is -2.25. The van der Waals surface area contributed by atoms with Crippen LogP contribution in [0, 0.1) is 0 Å². The van der Waals surface area contributed by atoms with Crippen molar-refractivity contribution >= 4 is 29.3 Å². The summed E-state index contributed by atoms with van der Waals surface area (Å²) in [4.78, 5) is 14.7. The highest BCUT2D eigenvalue weighted by Gasteiger charge is 2.31. The number of carbonyl (C=O) groups is 1. The minimum atomic E-state index is 0.0925. The Bertz CT molecular complexity index is 937. The quantitative estimate of drug-likeness (QED) is 0.599. The summed E-state index contributed by atoms with van der Waals surface area (Å²) < 4.78 is 7.75. The summed E-state index contributed by atoms with van der Waals surface area (Å²) in [6.07, 6.45) is 4.03. The van der Waals surface area contributed by atoms with E-state index in [0.29, 0.717) is 16.1 Å². The minimum Gasteiger partial charge on any atom is -0.411 e. The van der Waals surface area contributed by atoms with Crippen LogP contribution >= 0.6 is 23.4 Å². The Morgan fingerprint density at radius 1 is 1.30 bits per heavy atom. The Balaban J connectivity index is 1.39. The zero-order valence-electron chi connectivity index (χ0n) is 14.8. The molecule has 0 spiro atoms. The maximum absolute atomic E-state index is 12.7. The standard InChI is InChI=1S/C19H19ClN4O2S/c1-23-10-2-4-15(23)16-5-3-11-24(16)17(25)12-27-19-22-21-18(26-19)13-6-8-14(20)9-7-13/h2,4,6-10,16H,3,5,11-12H2,1H3. The largest absolute Gasteiger partial charge is 0.411 e. The lowest BCUT2D eigenvalue weighted by Crippen LogP contribution is -2.32. The number of nitrogens with zero attached hydrogens (tertiary/aromatic N) is 4. The van der Waals surface area contributed by atoms with Gasteiger partial charge in [-0.05, 0) is 49.2 Å². The summed E-state index contributed by atoms with van der Waals surface area (Å²) in [5.41, 5.74) is 1.97. The van der Waals surface area contributed by atoms with Gasteiger partial charge in [0, 0.05) is 36.1 Å². The van der Waals surface area contributed by atoms with Crippen molar-refractivity contribution in [2.75, 3.05) is 12.3 Å². The second-order valence-electron chi connectivity index (χ2n) is 6.46. The van der Waals surface area contributed by atoms with Gasteiger partial charge in [-0.15, -0.1) is 10.2 Å². The van der Waals surface area contributed by atoms with Gasteiger partial charge in [0.05, 0.1) is 11.8 Å². The minimum absolute atomic E-state index is 0.0925. The van der Waals surface area contributed by atoms with Crippen LogP contribution in [0.15, 0.2) is 52.2 Å². The van der Waals surface area contributed by atoms with Crippen molar-refractivity contribution in [3.05, 3.63) is 53.3 Å². The summed E-state index contributed by atoms with van der Waals surface area (Å²) in [5.74, 6) is 0.794. The molecule has 1 aliphatic rings. The van der Waals surface area contributed by atoms with Crippen LogP contribution in [0.4, 0.5) is 0 Å². The number of amides is 1. The molecule has 0 aliphatic carbocycles. The number of thioether (sulfide) groups is 1. The first-order valence-corrected chi connectivity index (χ1v) is 10.1. The van der Waals surface area contributed by atoms with Crippen molar-refractivity contribution in [1.82, 2.24) is 19.7 Å². The van der Waals surface area contributed by atoms with Gasteiger partial charge in [0.25, 0.3) is 5.22 Å². The number of carbonyl (C=O) groups excluding carboxylic acids is 1. The SMILES string of the molecule is Cn1cccc1C1CCCN1C(=O)CSc1nnc(-c2ccc(Cl)cc2)o1. The van der Waals surface area contributed by atoms with Gasteiger partial charge in [0.2, 0.25) is 11.8 Å². The highest BCUT2D eigenvalue weighted by atomic mass is 35.5. The summed E-state index contributed by atoms with van der Waals surface area (Å²) in [5, 5.41) is 9.13. The molecule has 1 aliphatic heterocycles. The third-order valence-corrected chi connectivity index (χ3v) is 5.77. The molecule has 0 N–H and O–H groups in total. The monoisotopic (exact) mass is 402 g/mol. The Labute approximate surface area is 166 Å². The van der Waals surface area contributed by atoms with Gasteiger partial charge in [-0.2, -0.15) is 0 Å². The van der Waals surface area contributed by atoms with Crippen LogP contribution < -0.4 is 0 Å². The van der Waals surface area contributed by atoms with E-state index in [1.54, 1.807) is 12.1 Å². The average molecular weight is 403 g/mol. The average Bonchev–Trinajstić information content (AvgIpc) is 3.40.